The number of thioether (sulfide) groups is 1. The van der Waals surface area contributed by atoms with E-state index in [9.17, 15) is 20.1 Å². The molecule has 21 heavy (non-hydrogen) atoms. The first-order valence-electron chi connectivity index (χ1n) is 6.59. The maximum atomic E-state index is 11.0. The Labute approximate surface area is 126 Å². The van der Waals surface area contributed by atoms with Crippen LogP contribution in [-0.2, 0) is 9.53 Å². The van der Waals surface area contributed by atoms with Gasteiger partial charge in [0.25, 0.3) is 0 Å². The summed E-state index contributed by atoms with van der Waals surface area (Å²) in [6.45, 7) is -0.441. The van der Waals surface area contributed by atoms with Crippen LogP contribution in [0, 0.1) is 5.92 Å². The summed E-state index contributed by atoms with van der Waals surface area (Å²) in [5.41, 5.74) is -0.654. The van der Waals surface area contributed by atoms with Gasteiger partial charge in [0.2, 0.25) is 0 Å². The molecule has 116 valence electrons. The van der Waals surface area contributed by atoms with E-state index in [-0.39, 0.29) is 6.42 Å². The zero-order valence-corrected chi connectivity index (χ0v) is 12.0. The summed E-state index contributed by atoms with van der Waals surface area (Å²) in [7, 11) is 0. The molecule has 1 aromatic rings. The topological polar surface area (TPSA) is 107 Å². The Bertz CT molecular complexity index is 468. The van der Waals surface area contributed by atoms with E-state index in [4.69, 9.17) is 9.84 Å². The average molecular weight is 314 g/mol. The number of aliphatic hydroxyl groups excluding tert-OH is 3. The lowest BCUT2D eigenvalue weighted by atomic mass is 9.90. The maximum absolute atomic E-state index is 11.0. The molecule has 0 unspecified atom stereocenters. The van der Waals surface area contributed by atoms with Crippen molar-refractivity contribution in [3.8, 4) is 0 Å². The number of hydrogen-bond acceptors (Lipinski definition) is 6. The summed E-state index contributed by atoms with van der Waals surface area (Å²) >= 11 is 1.27. The minimum atomic E-state index is -1.30. The van der Waals surface area contributed by atoms with Gasteiger partial charge in [0, 0.05) is 10.8 Å². The Morgan fingerprint density at radius 2 is 1.86 bits per heavy atom. The van der Waals surface area contributed by atoms with E-state index in [2.05, 4.69) is 0 Å². The molecular weight excluding hydrogens is 296 g/mol. The van der Waals surface area contributed by atoms with Gasteiger partial charge in [-0.05, 0) is 12.1 Å². The van der Waals surface area contributed by atoms with Crippen molar-refractivity contribution in [1.82, 2.24) is 0 Å². The van der Waals surface area contributed by atoms with Crippen LogP contribution in [0.25, 0.3) is 0 Å². The summed E-state index contributed by atoms with van der Waals surface area (Å²) in [5, 5.41) is 38.2. The van der Waals surface area contributed by atoms with E-state index >= 15 is 0 Å². The van der Waals surface area contributed by atoms with Gasteiger partial charge < -0.3 is 25.2 Å². The van der Waals surface area contributed by atoms with Crippen LogP contribution in [0.15, 0.2) is 35.2 Å². The van der Waals surface area contributed by atoms with Gasteiger partial charge in [-0.25, -0.2) is 0 Å². The van der Waals surface area contributed by atoms with E-state index in [0.717, 1.165) is 4.90 Å². The molecule has 1 aromatic carbocycles. The lowest BCUT2D eigenvalue weighted by Gasteiger charge is -2.41. The molecule has 4 N–H and O–H groups in total. The third-order valence-electron chi connectivity index (χ3n) is 3.41. The number of carboxylic acids is 1. The largest absolute Gasteiger partial charge is 0.481 e. The van der Waals surface area contributed by atoms with Crippen LogP contribution in [0.4, 0.5) is 0 Å². The van der Waals surface area contributed by atoms with Crippen molar-refractivity contribution in [1.29, 1.82) is 0 Å². The molecule has 1 heterocycles. The Hall–Kier alpha value is -1.12. The summed E-state index contributed by atoms with van der Waals surface area (Å²) in [4.78, 5) is 11.8. The second-order valence-electron chi connectivity index (χ2n) is 4.90. The zero-order valence-electron chi connectivity index (χ0n) is 11.2. The van der Waals surface area contributed by atoms with Crippen LogP contribution in [0.5, 0.6) is 0 Å². The summed E-state index contributed by atoms with van der Waals surface area (Å²) < 4.78 is 5.58. The van der Waals surface area contributed by atoms with Crippen LogP contribution in [0.2, 0.25) is 0 Å². The molecule has 0 aromatic heterocycles. The van der Waals surface area contributed by atoms with Gasteiger partial charge in [0.1, 0.15) is 17.6 Å². The quantitative estimate of drug-likeness (QED) is 0.619. The van der Waals surface area contributed by atoms with Crippen molar-refractivity contribution >= 4 is 17.7 Å². The Kier molecular flexibility index (Phi) is 5.60. The van der Waals surface area contributed by atoms with Crippen molar-refractivity contribution < 1.29 is 30.0 Å². The van der Waals surface area contributed by atoms with Gasteiger partial charge in [0.15, 0.2) is 0 Å². The van der Waals surface area contributed by atoms with Crippen LogP contribution >= 0.6 is 11.8 Å². The maximum Gasteiger partial charge on any atom is 0.303 e. The minimum Gasteiger partial charge on any atom is -0.481 e. The Morgan fingerprint density at radius 1 is 1.19 bits per heavy atom. The van der Waals surface area contributed by atoms with Crippen molar-refractivity contribution in [2.75, 3.05) is 6.61 Å². The standard InChI is InChI=1S/C14H18O6S/c15-7-10-13(19)12(18)9(6-11(16)17)14(20-10)21-8-4-2-1-3-5-8/h1-5,9-10,12-15,18-19H,6-7H2,(H,16,17)/t9-,10-,12-,13-,14-/m1/s1. The highest BCUT2D eigenvalue weighted by Gasteiger charge is 2.45. The average Bonchev–Trinajstić information content (AvgIpc) is 2.47. The van der Waals surface area contributed by atoms with Gasteiger partial charge in [-0.2, -0.15) is 0 Å². The molecule has 7 heteroatoms. The van der Waals surface area contributed by atoms with E-state index in [1.807, 2.05) is 30.3 Å². The fourth-order valence-corrected chi connectivity index (χ4v) is 3.52. The molecule has 0 bridgehead atoms. The van der Waals surface area contributed by atoms with E-state index in [0.29, 0.717) is 0 Å². The summed E-state index contributed by atoms with van der Waals surface area (Å²) in [6, 6.07) is 9.22. The SMILES string of the molecule is O=C(O)C[C@@H]1[C@@H](O)[C@H](O)[C@@H](CO)O[C@@H]1Sc1ccccc1. The fraction of sp³-hybridized carbons (Fsp3) is 0.500. The fourth-order valence-electron chi connectivity index (χ4n) is 2.31. The molecule has 1 aliphatic heterocycles. The van der Waals surface area contributed by atoms with E-state index in [1.54, 1.807) is 0 Å². The first kappa shape index (κ1) is 16.3. The number of aliphatic hydroxyl groups is 3. The molecule has 0 amide bonds. The molecule has 0 aliphatic carbocycles. The van der Waals surface area contributed by atoms with Gasteiger partial charge in [-0.3, -0.25) is 4.79 Å². The highest BCUT2D eigenvalue weighted by molar-refractivity contribution is 7.99. The van der Waals surface area contributed by atoms with E-state index < -0.39 is 42.2 Å². The summed E-state index contributed by atoms with van der Waals surface area (Å²) in [5.74, 6) is -1.83. The highest BCUT2D eigenvalue weighted by atomic mass is 32.2. The van der Waals surface area contributed by atoms with Gasteiger partial charge in [-0.15, -0.1) is 0 Å². The van der Waals surface area contributed by atoms with Crippen LogP contribution < -0.4 is 0 Å². The predicted molar refractivity (Wildman–Crippen MR) is 75.8 cm³/mol. The predicted octanol–water partition coefficient (Wildman–Crippen LogP) is 0.309. The van der Waals surface area contributed by atoms with Crippen LogP contribution in [0.3, 0.4) is 0 Å². The number of ether oxygens (including phenoxy) is 1. The molecule has 1 aliphatic rings. The van der Waals surface area contributed by atoms with E-state index in [1.165, 1.54) is 11.8 Å². The molecule has 0 saturated carbocycles. The number of hydrogen-bond donors (Lipinski definition) is 4. The van der Waals surface area contributed by atoms with Crippen molar-refractivity contribution in [2.24, 2.45) is 5.92 Å². The normalized spacial score (nSPS) is 32.8. The number of aliphatic carboxylic acids is 1. The second-order valence-corrected chi connectivity index (χ2v) is 6.07. The monoisotopic (exact) mass is 314 g/mol. The highest BCUT2D eigenvalue weighted by Crippen LogP contribution is 2.38. The number of carbonyl (C=O) groups is 1. The second kappa shape index (κ2) is 7.24. The van der Waals surface area contributed by atoms with Crippen molar-refractivity contribution in [2.45, 2.75) is 35.1 Å². The van der Waals surface area contributed by atoms with Gasteiger partial charge >= 0.3 is 5.97 Å². The Balaban J connectivity index is 2.18. The molecule has 1 fully saturated rings. The lowest BCUT2D eigenvalue weighted by molar-refractivity contribution is -0.189. The number of rotatable bonds is 5. The lowest BCUT2D eigenvalue weighted by Crippen LogP contribution is -2.55. The van der Waals surface area contributed by atoms with Gasteiger partial charge in [0.05, 0.1) is 19.1 Å². The van der Waals surface area contributed by atoms with Gasteiger partial charge in [-0.1, -0.05) is 30.0 Å². The molecule has 1 saturated heterocycles. The molecule has 0 spiro atoms. The molecule has 5 atom stereocenters. The summed E-state index contributed by atoms with van der Waals surface area (Å²) in [6.07, 6.45) is -3.80. The zero-order chi connectivity index (χ0) is 15.4. The smallest absolute Gasteiger partial charge is 0.303 e. The van der Waals surface area contributed by atoms with Crippen molar-refractivity contribution in [3.05, 3.63) is 30.3 Å². The third-order valence-corrected chi connectivity index (χ3v) is 4.65. The molecule has 6 nitrogen and oxygen atoms in total. The third kappa shape index (κ3) is 3.96. The number of benzene rings is 1. The van der Waals surface area contributed by atoms with Crippen LogP contribution in [0.1, 0.15) is 6.42 Å². The first-order valence-corrected chi connectivity index (χ1v) is 7.47. The van der Waals surface area contributed by atoms with Crippen LogP contribution in [-0.4, -0.2) is 56.8 Å². The minimum absolute atomic E-state index is 0.319. The molecule has 0 radical (unpaired) electrons. The molecular formula is C14H18O6S. The Morgan fingerprint density at radius 3 is 2.43 bits per heavy atom. The first-order chi connectivity index (χ1) is 10.0. The van der Waals surface area contributed by atoms with Crippen molar-refractivity contribution in [3.63, 3.8) is 0 Å². The number of carboxylic acid groups (broad SMARTS) is 1. The molecule has 2 rings (SSSR count).